The number of benzene rings is 2. The van der Waals surface area contributed by atoms with E-state index in [1.54, 1.807) is 18.2 Å². The number of rotatable bonds is 5. The minimum Gasteiger partial charge on any atom is -0.326 e. The average Bonchev–Trinajstić information content (AvgIpc) is 3.01. The first kappa shape index (κ1) is 20.4. The van der Waals surface area contributed by atoms with Crippen LogP contribution in [0.15, 0.2) is 51.1 Å². The van der Waals surface area contributed by atoms with Gasteiger partial charge in [-0.25, -0.2) is 8.42 Å². The van der Waals surface area contributed by atoms with Crippen LogP contribution in [0, 0.1) is 10.1 Å². The molecule has 0 unspecified atom stereocenters. The zero-order valence-electron chi connectivity index (χ0n) is 13.8. The molecule has 0 aliphatic carbocycles. The van der Waals surface area contributed by atoms with Gasteiger partial charge < -0.3 is 5.73 Å². The summed E-state index contributed by atoms with van der Waals surface area (Å²) in [4.78, 5) is 11.4. The molecule has 0 saturated carbocycles. The molecule has 1 fully saturated rings. The summed E-state index contributed by atoms with van der Waals surface area (Å²) in [5.74, 6) is 0. The largest absolute Gasteiger partial charge is 0.326 e. The van der Waals surface area contributed by atoms with E-state index in [4.69, 9.17) is 28.9 Å². The fourth-order valence-corrected chi connectivity index (χ4v) is 6.34. The fourth-order valence-electron chi connectivity index (χ4n) is 2.72. The van der Waals surface area contributed by atoms with Crippen molar-refractivity contribution in [3.8, 4) is 0 Å². The number of sulfonamides is 1. The maximum absolute atomic E-state index is 13.1. The van der Waals surface area contributed by atoms with Gasteiger partial charge in [0.25, 0.3) is 5.69 Å². The third-order valence-corrected chi connectivity index (χ3v) is 7.53. The molecule has 2 aromatic carbocycles. The molecule has 0 amide bonds. The summed E-state index contributed by atoms with van der Waals surface area (Å²) in [6, 6.07) is 8.36. The summed E-state index contributed by atoms with van der Waals surface area (Å²) < 4.78 is 27.4. The molecule has 0 bridgehead atoms. The Kier molecular flexibility index (Phi) is 5.99. The van der Waals surface area contributed by atoms with Gasteiger partial charge in [-0.1, -0.05) is 35.0 Å². The molecule has 2 N–H and O–H groups in total. The van der Waals surface area contributed by atoms with Gasteiger partial charge in [-0.05, 0) is 30.7 Å². The first-order valence-corrected chi connectivity index (χ1v) is 10.9. The van der Waals surface area contributed by atoms with Crippen LogP contribution in [0.1, 0.15) is 6.42 Å². The van der Waals surface area contributed by atoms with Gasteiger partial charge in [-0.15, -0.1) is 0 Å². The Morgan fingerprint density at radius 2 is 1.85 bits per heavy atom. The van der Waals surface area contributed by atoms with E-state index in [-0.39, 0.29) is 29.7 Å². The lowest BCUT2D eigenvalue weighted by molar-refractivity contribution is -0.385. The van der Waals surface area contributed by atoms with Crippen molar-refractivity contribution in [1.29, 1.82) is 0 Å². The predicted octanol–water partition coefficient (Wildman–Crippen LogP) is 3.77. The number of hydrogen-bond acceptors (Lipinski definition) is 6. The normalized spacial score (nSPS) is 18.0. The summed E-state index contributed by atoms with van der Waals surface area (Å²) in [5.41, 5.74) is 5.52. The summed E-state index contributed by atoms with van der Waals surface area (Å²) in [5, 5.41) is 12.0. The quantitative estimate of drug-likeness (QED) is 0.551. The van der Waals surface area contributed by atoms with E-state index in [0.29, 0.717) is 26.3 Å². The number of halogens is 2. The summed E-state index contributed by atoms with van der Waals surface area (Å²) in [6.45, 7) is 0.456. The highest BCUT2D eigenvalue weighted by molar-refractivity contribution is 8.00. The van der Waals surface area contributed by atoms with Crippen LogP contribution in [-0.4, -0.2) is 36.8 Å². The van der Waals surface area contributed by atoms with Crippen molar-refractivity contribution < 1.29 is 13.3 Å². The molecule has 144 valence electrons. The fraction of sp³-hybridized carbons (Fsp3) is 0.250. The van der Waals surface area contributed by atoms with Crippen LogP contribution >= 0.6 is 35.0 Å². The van der Waals surface area contributed by atoms with Crippen molar-refractivity contribution in [3.63, 3.8) is 0 Å². The molecule has 1 heterocycles. The first-order chi connectivity index (χ1) is 12.7. The lowest BCUT2D eigenvalue weighted by Gasteiger charge is -2.18. The van der Waals surface area contributed by atoms with Gasteiger partial charge in [0.2, 0.25) is 10.0 Å². The molecule has 1 atom stereocenters. The minimum absolute atomic E-state index is 0.133. The molecule has 0 spiro atoms. The number of nitrogens with two attached hydrogens (primary N) is 1. The maximum atomic E-state index is 13.1. The Morgan fingerprint density at radius 1 is 1.19 bits per heavy atom. The number of nitrogens with zero attached hydrogens (tertiary/aromatic N) is 2. The highest BCUT2D eigenvalue weighted by Crippen LogP contribution is 2.38. The third-order valence-electron chi connectivity index (χ3n) is 4.01. The molecule has 2 aromatic rings. The Morgan fingerprint density at radius 3 is 2.41 bits per heavy atom. The Labute approximate surface area is 170 Å². The topological polar surface area (TPSA) is 107 Å². The zero-order chi connectivity index (χ0) is 19.8. The molecular weight excluding hydrogens is 433 g/mol. The van der Waals surface area contributed by atoms with E-state index >= 15 is 0 Å². The monoisotopic (exact) mass is 447 g/mol. The van der Waals surface area contributed by atoms with E-state index in [9.17, 15) is 18.5 Å². The van der Waals surface area contributed by atoms with Crippen LogP contribution in [0.2, 0.25) is 10.0 Å². The molecular formula is C16H15Cl2N3O4S2. The molecule has 11 heteroatoms. The molecule has 0 aromatic heterocycles. The molecule has 1 aliphatic rings. The van der Waals surface area contributed by atoms with Gasteiger partial charge in [0.15, 0.2) is 0 Å². The van der Waals surface area contributed by atoms with Crippen LogP contribution in [-0.2, 0) is 10.0 Å². The van der Waals surface area contributed by atoms with Crippen LogP contribution < -0.4 is 5.73 Å². The molecule has 0 radical (unpaired) electrons. The zero-order valence-corrected chi connectivity index (χ0v) is 17.0. The summed E-state index contributed by atoms with van der Waals surface area (Å²) in [7, 11) is -3.94. The number of nitro benzene ring substituents is 1. The van der Waals surface area contributed by atoms with Crippen LogP contribution in [0.5, 0.6) is 0 Å². The van der Waals surface area contributed by atoms with Crippen LogP contribution in [0.25, 0.3) is 0 Å². The number of nitro groups is 1. The van der Waals surface area contributed by atoms with Gasteiger partial charge in [0.1, 0.15) is 4.90 Å². The smallest absolute Gasteiger partial charge is 0.270 e. The molecule has 3 rings (SSSR count). The lowest BCUT2D eigenvalue weighted by atomic mass is 10.3. The average molecular weight is 448 g/mol. The van der Waals surface area contributed by atoms with Gasteiger partial charge >= 0.3 is 0 Å². The summed E-state index contributed by atoms with van der Waals surface area (Å²) in [6.07, 6.45) is 0.542. The second-order valence-corrected chi connectivity index (χ2v) is 9.90. The van der Waals surface area contributed by atoms with Crippen molar-refractivity contribution in [3.05, 3.63) is 56.6 Å². The van der Waals surface area contributed by atoms with Crippen molar-refractivity contribution in [2.45, 2.75) is 27.1 Å². The number of hydrogen-bond donors (Lipinski definition) is 1. The molecule has 7 nitrogen and oxygen atoms in total. The first-order valence-electron chi connectivity index (χ1n) is 7.85. The van der Waals surface area contributed by atoms with Crippen molar-refractivity contribution >= 4 is 50.7 Å². The summed E-state index contributed by atoms with van der Waals surface area (Å²) >= 11 is 13.1. The second kappa shape index (κ2) is 7.94. The highest BCUT2D eigenvalue weighted by atomic mass is 35.5. The van der Waals surface area contributed by atoms with Crippen LogP contribution in [0.4, 0.5) is 5.69 Å². The molecule has 1 aliphatic heterocycles. The predicted molar refractivity (Wildman–Crippen MR) is 105 cm³/mol. The SMILES string of the molecule is N[C@H]1CCN(S(=O)(=O)c2cc([N+](=O)[O-])ccc2Sc2cc(Cl)cc(Cl)c2)C1. The van der Waals surface area contributed by atoms with Crippen LogP contribution in [0.3, 0.4) is 0 Å². The van der Waals surface area contributed by atoms with Gasteiger partial charge in [-0.2, -0.15) is 4.31 Å². The Bertz CT molecular complexity index is 981. The minimum atomic E-state index is -3.94. The lowest BCUT2D eigenvalue weighted by Crippen LogP contribution is -2.32. The van der Waals surface area contributed by atoms with Gasteiger partial charge in [0.05, 0.1) is 4.92 Å². The molecule has 1 saturated heterocycles. The highest BCUT2D eigenvalue weighted by Gasteiger charge is 2.33. The van der Waals surface area contributed by atoms with E-state index in [1.165, 1.54) is 16.4 Å². The standard InChI is InChI=1S/C16H15Cl2N3O4S2/c17-10-5-11(18)7-14(6-10)26-15-2-1-13(21(22)23)8-16(15)27(24,25)20-4-3-12(19)9-20/h1-2,5-8,12H,3-4,9,19H2/t12-/m0/s1. The van der Waals surface area contributed by atoms with Crippen molar-refractivity contribution in [2.24, 2.45) is 5.73 Å². The van der Waals surface area contributed by atoms with E-state index < -0.39 is 14.9 Å². The maximum Gasteiger partial charge on any atom is 0.270 e. The Balaban J connectivity index is 2.07. The van der Waals surface area contributed by atoms with E-state index in [0.717, 1.165) is 17.8 Å². The molecule has 27 heavy (non-hydrogen) atoms. The van der Waals surface area contributed by atoms with Gasteiger partial charge in [0, 0.05) is 51.1 Å². The van der Waals surface area contributed by atoms with Gasteiger partial charge in [-0.3, -0.25) is 10.1 Å². The van der Waals surface area contributed by atoms with Crippen molar-refractivity contribution in [2.75, 3.05) is 13.1 Å². The van der Waals surface area contributed by atoms with E-state index in [2.05, 4.69) is 0 Å². The van der Waals surface area contributed by atoms with Crippen molar-refractivity contribution in [1.82, 2.24) is 4.31 Å². The Hall–Kier alpha value is -1.36. The third kappa shape index (κ3) is 4.56. The second-order valence-electron chi connectivity index (χ2n) is 6.01. The van der Waals surface area contributed by atoms with E-state index in [1.807, 2.05) is 0 Å². The number of non-ortho nitro benzene ring substituents is 1.